The van der Waals surface area contributed by atoms with Crippen LogP contribution in [0.3, 0.4) is 0 Å². The summed E-state index contributed by atoms with van der Waals surface area (Å²) in [5.41, 5.74) is 2.46. The Balaban J connectivity index is 1.79. The summed E-state index contributed by atoms with van der Waals surface area (Å²) in [6.45, 7) is 0. The third-order valence-corrected chi connectivity index (χ3v) is 5.51. The van der Waals surface area contributed by atoms with Gasteiger partial charge in [-0.15, -0.1) is 11.3 Å². The Hall–Kier alpha value is -2.91. The van der Waals surface area contributed by atoms with Gasteiger partial charge in [0.05, 0.1) is 5.52 Å². The number of fused-ring (bicyclic) bond motifs is 4. The summed E-state index contributed by atoms with van der Waals surface area (Å²) in [5.74, 6) is 0.215. The van der Waals surface area contributed by atoms with Crippen LogP contribution in [0.2, 0.25) is 0 Å². The highest BCUT2D eigenvalue weighted by Gasteiger charge is 2.11. The van der Waals surface area contributed by atoms with E-state index >= 15 is 0 Å². The van der Waals surface area contributed by atoms with E-state index in [0.717, 1.165) is 16.5 Å². The standard InChI is InChI=1S/C21H13NOS/c23-18-12-13-5-1-3-7-17(13)22-21(18)14-9-10-20-16(11-14)15-6-2-4-8-19(15)24-20/h1-12,23H. The van der Waals surface area contributed by atoms with Crippen LogP contribution in [0.4, 0.5) is 0 Å². The quantitative estimate of drug-likeness (QED) is 0.411. The van der Waals surface area contributed by atoms with Crippen molar-refractivity contribution in [2.75, 3.05) is 0 Å². The fraction of sp³-hybridized carbons (Fsp3) is 0. The minimum atomic E-state index is 0.215. The summed E-state index contributed by atoms with van der Waals surface area (Å²) in [7, 11) is 0. The second-order valence-electron chi connectivity index (χ2n) is 5.86. The molecule has 24 heavy (non-hydrogen) atoms. The summed E-state index contributed by atoms with van der Waals surface area (Å²) >= 11 is 1.79. The molecule has 1 N–H and O–H groups in total. The van der Waals surface area contributed by atoms with E-state index in [9.17, 15) is 5.11 Å². The lowest BCUT2D eigenvalue weighted by atomic mass is 10.0. The normalized spacial score (nSPS) is 11.5. The van der Waals surface area contributed by atoms with Crippen LogP contribution in [-0.2, 0) is 0 Å². The number of aromatic nitrogens is 1. The van der Waals surface area contributed by atoms with Crippen molar-refractivity contribution >= 4 is 42.4 Å². The van der Waals surface area contributed by atoms with Gasteiger partial charge in [0.15, 0.2) is 0 Å². The molecule has 0 aliphatic carbocycles. The lowest BCUT2D eigenvalue weighted by Gasteiger charge is -2.07. The molecule has 0 radical (unpaired) electrons. The van der Waals surface area contributed by atoms with Crippen LogP contribution in [0.25, 0.3) is 42.3 Å². The van der Waals surface area contributed by atoms with Gasteiger partial charge >= 0.3 is 0 Å². The first-order valence-corrected chi connectivity index (χ1v) is 8.62. The molecule has 5 aromatic rings. The third kappa shape index (κ3) is 1.99. The minimum Gasteiger partial charge on any atom is -0.506 e. The lowest BCUT2D eigenvalue weighted by Crippen LogP contribution is -1.86. The largest absolute Gasteiger partial charge is 0.506 e. The predicted molar refractivity (Wildman–Crippen MR) is 102 cm³/mol. The van der Waals surface area contributed by atoms with Crippen LogP contribution < -0.4 is 0 Å². The van der Waals surface area contributed by atoms with Gasteiger partial charge < -0.3 is 5.11 Å². The van der Waals surface area contributed by atoms with E-state index in [1.165, 1.54) is 20.2 Å². The van der Waals surface area contributed by atoms with Gasteiger partial charge in [-0.3, -0.25) is 0 Å². The SMILES string of the molecule is Oc1cc2ccccc2nc1-c1ccc2sc3ccccc3c2c1. The molecular formula is C21H13NOS. The predicted octanol–water partition coefficient (Wildman–Crippen LogP) is 5.98. The number of hydrogen-bond donors (Lipinski definition) is 1. The summed E-state index contributed by atoms with van der Waals surface area (Å²) < 4.78 is 2.53. The molecule has 0 spiro atoms. The Bertz CT molecular complexity index is 1220. The lowest BCUT2D eigenvalue weighted by molar-refractivity contribution is 0.476. The van der Waals surface area contributed by atoms with Gasteiger partial charge in [-0.05, 0) is 30.3 Å². The average molecular weight is 327 g/mol. The highest BCUT2D eigenvalue weighted by atomic mass is 32.1. The summed E-state index contributed by atoms with van der Waals surface area (Å²) in [6, 6.07) is 24.3. The molecule has 0 bridgehead atoms. The number of pyridine rings is 1. The van der Waals surface area contributed by atoms with Gasteiger partial charge in [-0.1, -0.05) is 42.5 Å². The molecule has 2 nitrogen and oxygen atoms in total. The fourth-order valence-corrected chi connectivity index (χ4v) is 4.28. The van der Waals surface area contributed by atoms with E-state index < -0.39 is 0 Å². The van der Waals surface area contributed by atoms with Gasteiger partial charge in [0, 0.05) is 31.1 Å². The van der Waals surface area contributed by atoms with Gasteiger partial charge in [-0.25, -0.2) is 4.98 Å². The maximum absolute atomic E-state index is 10.4. The van der Waals surface area contributed by atoms with Crippen LogP contribution in [0.15, 0.2) is 72.8 Å². The highest BCUT2D eigenvalue weighted by Crippen LogP contribution is 2.38. The Labute approximate surface area is 142 Å². The van der Waals surface area contributed by atoms with Crippen molar-refractivity contribution in [3.8, 4) is 17.0 Å². The number of para-hydroxylation sites is 1. The van der Waals surface area contributed by atoms with E-state index in [1.54, 1.807) is 17.4 Å². The Morgan fingerprint density at radius 3 is 2.50 bits per heavy atom. The van der Waals surface area contributed by atoms with Crippen LogP contribution >= 0.6 is 11.3 Å². The van der Waals surface area contributed by atoms with E-state index in [1.807, 2.05) is 30.3 Å². The zero-order valence-electron chi connectivity index (χ0n) is 12.7. The number of nitrogens with zero attached hydrogens (tertiary/aromatic N) is 1. The summed E-state index contributed by atoms with van der Waals surface area (Å²) in [6.07, 6.45) is 0. The molecule has 0 amide bonds. The fourth-order valence-electron chi connectivity index (χ4n) is 3.19. The maximum atomic E-state index is 10.4. The van der Waals surface area contributed by atoms with Crippen molar-refractivity contribution in [1.82, 2.24) is 4.98 Å². The molecule has 2 aromatic heterocycles. The van der Waals surface area contributed by atoms with Gasteiger partial charge in [0.1, 0.15) is 11.4 Å². The molecule has 3 heteroatoms. The molecule has 0 fully saturated rings. The monoisotopic (exact) mass is 327 g/mol. The van der Waals surface area contributed by atoms with Gasteiger partial charge in [0.2, 0.25) is 0 Å². The first-order valence-electron chi connectivity index (χ1n) is 7.80. The smallest absolute Gasteiger partial charge is 0.142 e. The van der Waals surface area contributed by atoms with Crippen molar-refractivity contribution in [1.29, 1.82) is 0 Å². The number of thiophene rings is 1. The van der Waals surface area contributed by atoms with Crippen LogP contribution in [-0.4, -0.2) is 10.1 Å². The van der Waals surface area contributed by atoms with E-state index in [4.69, 9.17) is 0 Å². The van der Waals surface area contributed by atoms with Crippen molar-refractivity contribution in [3.63, 3.8) is 0 Å². The van der Waals surface area contributed by atoms with Crippen LogP contribution in [0.1, 0.15) is 0 Å². The molecule has 114 valence electrons. The van der Waals surface area contributed by atoms with E-state index in [-0.39, 0.29) is 5.75 Å². The number of hydrogen-bond acceptors (Lipinski definition) is 3. The first kappa shape index (κ1) is 13.5. The second kappa shape index (κ2) is 5.05. The molecule has 0 saturated carbocycles. The van der Waals surface area contributed by atoms with Crippen molar-refractivity contribution in [2.45, 2.75) is 0 Å². The Morgan fingerprint density at radius 1 is 0.750 bits per heavy atom. The van der Waals surface area contributed by atoms with Crippen LogP contribution in [0, 0.1) is 0 Å². The Morgan fingerprint density at radius 2 is 1.54 bits per heavy atom. The van der Waals surface area contributed by atoms with Gasteiger partial charge in [-0.2, -0.15) is 0 Å². The zero-order chi connectivity index (χ0) is 16.1. The molecule has 2 heterocycles. The van der Waals surface area contributed by atoms with Crippen molar-refractivity contribution in [3.05, 3.63) is 72.8 Å². The van der Waals surface area contributed by atoms with Gasteiger partial charge in [0.25, 0.3) is 0 Å². The van der Waals surface area contributed by atoms with E-state index in [0.29, 0.717) is 5.69 Å². The topological polar surface area (TPSA) is 33.1 Å². The first-order chi connectivity index (χ1) is 11.8. The molecule has 0 aliphatic rings. The third-order valence-electron chi connectivity index (χ3n) is 4.35. The molecule has 5 rings (SSSR count). The van der Waals surface area contributed by atoms with E-state index in [2.05, 4.69) is 41.4 Å². The summed E-state index contributed by atoms with van der Waals surface area (Å²) in [4.78, 5) is 4.67. The summed E-state index contributed by atoms with van der Waals surface area (Å²) in [5, 5.41) is 13.8. The Kier molecular flexibility index (Phi) is 2.84. The van der Waals surface area contributed by atoms with Crippen molar-refractivity contribution in [2.24, 2.45) is 0 Å². The zero-order valence-corrected chi connectivity index (χ0v) is 13.5. The number of aromatic hydroxyl groups is 1. The minimum absolute atomic E-state index is 0.215. The molecule has 0 aliphatic heterocycles. The highest BCUT2D eigenvalue weighted by molar-refractivity contribution is 7.25. The molecule has 3 aromatic carbocycles. The van der Waals surface area contributed by atoms with Crippen molar-refractivity contribution < 1.29 is 5.11 Å². The van der Waals surface area contributed by atoms with Crippen LogP contribution in [0.5, 0.6) is 5.75 Å². The average Bonchev–Trinajstić information content (AvgIpc) is 2.99. The molecule has 0 saturated heterocycles. The maximum Gasteiger partial charge on any atom is 0.142 e. The molecule has 0 unspecified atom stereocenters. The number of benzene rings is 3. The molecular weight excluding hydrogens is 314 g/mol. The molecule has 0 atom stereocenters. The second-order valence-corrected chi connectivity index (χ2v) is 6.94. The number of rotatable bonds is 1.